The predicted molar refractivity (Wildman–Crippen MR) is 44.2 cm³/mol. The number of ketones is 1. The molecule has 1 nitrogen and oxygen atoms in total. The van der Waals surface area contributed by atoms with Crippen LogP contribution in [-0.4, -0.2) is 5.78 Å². The number of carbonyl (C=O) groups is 1. The molecule has 1 unspecified atom stereocenters. The molecule has 0 aliphatic heterocycles. The third kappa shape index (κ3) is 1.24. The Labute approximate surface area is 67.5 Å². The molecule has 0 bridgehead atoms. The zero-order chi connectivity index (χ0) is 7.90. The van der Waals surface area contributed by atoms with Crippen LogP contribution in [0, 0.1) is 11.3 Å². The van der Waals surface area contributed by atoms with E-state index in [2.05, 4.69) is 12.2 Å². The first kappa shape index (κ1) is 7.08. The van der Waals surface area contributed by atoms with Gasteiger partial charge in [-0.25, -0.2) is 0 Å². The molecule has 0 N–H and O–H groups in total. The van der Waals surface area contributed by atoms with Gasteiger partial charge in [0.2, 0.25) is 0 Å². The molecule has 1 atom stereocenters. The van der Waals surface area contributed by atoms with E-state index < -0.39 is 0 Å². The van der Waals surface area contributed by atoms with Gasteiger partial charge < -0.3 is 0 Å². The van der Waals surface area contributed by atoms with Crippen molar-refractivity contribution in [3.8, 4) is 0 Å². The number of allylic oxidation sites excluding steroid dienone is 2. The summed E-state index contributed by atoms with van der Waals surface area (Å²) in [6.45, 7) is 1.72. The van der Waals surface area contributed by atoms with Crippen molar-refractivity contribution in [1.82, 2.24) is 0 Å². The summed E-state index contributed by atoms with van der Waals surface area (Å²) in [4.78, 5) is 11.1. The molecule has 1 spiro atoms. The molecule has 1 saturated carbocycles. The van der Waals surface area contributed by atoms with Gasteiger partial charge in [0.25, 0.3) is 0 Å². The molecule has 0 aromatic heterocycles. The van der Waals surface area contributed by atoms with Crippen LogP contribution in [0.1, 0.15) is 32.6 Å². The van der Waals surface area contributed by atoms with Crippen LogP contribution in [0.5, 0.6) is 0 Å². The Bertz CT molecular complexity index is 211. The Balaban J connectivity index is 2.08. The first-order valence-electron chi connectivity index (χ1n) is 4.40. The summed E-state index contributed by atoms with van der Waals surface area (Å²) in [5.41, 5.74) is 0.481. The Kier molecular flexibility index (Phi) is 1.41. The van der Waals surface area contributed by atoms with Crippen LogP contribution in [-0.2, 0) is 4.79 Å². The van der Waals surface area contributed by atoms with Crippen molar-refractivity contribution in [2.45, 2.75) is 32.6 Å². The molecule has 2 aliphatic rings. The van der Waals surface area contributed by atoms with E-state index in [4.69, 9.17) is 0 Å². The fraction of sp³-hybridized carbons (Fsp3) is 0.700. The van der Waals surface area contributed by atoms with E-state index in [0.717, 1.165) is 12.8 Å². The lowest BCUT2D eigenvalue weighted by Gasteiger charge is -2.21. The summed E-state index contributed by atoms with van der Waals surface area (Å²) in [6, 6.07) is 0. The molecule has 2 aliphatic carbocycles. The molecule has 0 aromatic rings. The van der Waals surface area contributed by atoms with Crippen molar-refractivity contribution in [1.29, 1.82) is 0 Å². The normalized spacial score (nSPS) is 32.3. The van der Waals surface area contributed by atoms with E-state index in [1.54, 1.807) is 6.92 Å². The quantitative estimate of drug-likeness (QED) is 0.524. The number of carbonyl (C=O) groups excluding carboxylic acids is 1. The van der Waals surface area contributed by atoms with Crippen molar-refractivity contribution in [3.05, 3.63) is 12.2 Å². The highest BCUT2D eigenvalue weighted by molar-refractivity contribution is 5.78. The molecule has 0 saturated heterocycles. The Morgan fingerprint density at radius 1 is 1.55 bits per heavy atom. The van der Waals surface area contributed by atoms with Gasteiger partial charge >= 0.3 is 0 Å². The van der Waals surface area contributed by atoms with Gasteiger partial charge in [0.15, 0.2) is 0 Å². The second kappa shape index (κ2) is 2.20. The summed E-state index contributed by atoms with van der Waals surface area (Å²) in [5.74, 6) is 0.711. The van der Waals surface area contributed by atoms with Gasteiger partial charge in [0, 0.05) is 5.92 Å². The predicted octanol–water partition coefficient (Wildman–Crippen LogP) is 2.32. The minimum atomic E-state index is 0.336. The molecule has 2 rings (SSSR count). The maximum Gasteiger partial charge on any atom is 0.133 e. The van der Waals surface area contributed by atoms with Crippen LogP contribution in [0.15, 0.2) is 12.2 Å². The van der Waals surface area contributed by atoms with Gasteiger partial charge in [-0.05, 0) is 38.0 Å². The van der Waals surface area contributed by atoms with Crippen LogP contribution in [0.25, 0.3) is 0 Å². The number of hydrogen-bond acceptors (Lipinski definition) is 1. The summed E-state index contributed by atoms with van der Waals surface area (Å²) in [5, 5.41) is 0. The topological polar surface area (TPSA) is 17.1 Å². The summed E-state index contributed by atoms with van der Waals surface area (Å²) in [6.07, 6.45) is 9.26. The average Bonchev–Trinajstić information content (AvgIpc) is 2.69. The minimum absolute atomic E-state index is 0.336. The first-order chi connectivity index (χ1) is 5.22. The van der Waals surface area contributed by atoms with Crippen LogP contribution >= 0.6 is 0 Å². The lowest BCUT2D eigenvalue weighted by molar-refractivity contribution is -0.121. The summed E-state index contributed by atoms with van der Waals surface area (Å²) >= 11 is 0. The van der Waals surface area contributed by atoms with E-state index >= 15 is 0 Å². The molecule has 11 heavy (non-hydrogen) atoms. The molecule has 1 heteroatoms. The van der Waals surface area contributed by atoms with Crippen molar-refractivity contribution in [2.75, 3.05) is 0 Å². The maximum atomic E-state index is 11.1. The average molecular weight is 150 g/mol. The molecule has 0 radical (unpaired) electrons. The number of hydrogen-bond donors (Lipinski definition) is 0. The van der Waals surface area contributed by atoms with Crippen LogP contribution in [0.3, 0.4) is 0 Å². The second-order valence-corrected chi connectivity index (χ2v) is 4.01. The molecule has 0 aromatic carbocycles. The van der Waals surface area contributed by atoms with Gasteiger partial charge in [0.05, 0.1) is 0 Å². The third-order valence-electron chi connectivity index (χ3n) is 3.01. The van der Waals surface area contributed by atoms with E-state index in [-0.39, 0.29) is 0 Å². The van der Waals surface area contributed by atoms with Gasteiger partial charge in [-0.15, -0.1) is 0 Å². The third-order valence-corrected chi connectivity index (χ3v) is 3.01. The van der Waals surface area contributed by atoms with E-state index in [0.29, 0.717) is 17.1 Å². The first-order valence-corrected chi connectivity index (χ1v) is 4.40. The molecule has 0 amide bonds. The summed E-state index contributed by atoms with van der Waals surface area (Å²) < 4.78 is 0. The lowest BCUT2D eigenvalue weighted by Crippen LogP contribution is -2.18. The molecular formula is C10H14O. The van der Waals surface area contributed by atoms with Crippen molar-refractivity contribution in [2.24, 2.45) is 11.3 Å². The monoisotopic (exact) mass is 150 g/mol. The van der Waals surface area contributed by atoms with E-state index in [9.17, 15) is 4.79 Å². The van der Waals surface area contributed by atoms with Gasteiger partial charge in [-0.3, -0.25) is 4.79 Å². The second-order valence-electron chi connectivity index (χ2n) is 4.01. The Hall–Kier alpha value is -0.590. The lowest BCUT2D eigenvalue weighted by atomic mass is 9.82. The smallest absolute Gasteiger partial charge is 0.133 e. The van der Waals surface area contributed by atoms with E-state index in [1.165, 1.54) is 12.8 Å². The number of rotatable bonds is 1. The van der Waals surface area contributed by atoms with Crippen LogP contribution in [0.2, 0.25) is 0 Å². The van der Waals surface area contributed by atoms with Crippen molar-refractivity contribution in [3.63, 3.8) is 0 Å². The van der Waals surface area contributed by atoms with Crippen molar-refractivity contribution >= 4 is 5.78 Å². The Morgan fingerprint density at radius 3 is 2.82 bits per heavy atom. The molecular weight excluding hydrogens is 136 g/mol. The molecule has 0 heterocycles. The fourth-order valence-electron chi connectivity index (χ4n) is 1.97. The van der Waals surface area contributed by atoms with Crippen molar-refractivity contribution < 1.29 is 4.79 Å². The standard InChI is InChI=1S/C10H14O/c1-8(11)9-3-2-4-10(7-9)5-6-10/h2,4,9H,3,5-7H2,1H3. The highest BCUT2D eigenvalue weighted by Crippen LogP contribution is 2.54. The maximum absolute atomic E-state index is 11.1. The van der Waals surface area contributed by atoms with Gasteiger partial charge in [-0.2, -0.15) is 0 Å². The molecule has 60 valence electrons. The fourth-order valence-corrected chi connectivity index (χ4v) is 1.97. The summed E-state index contributed by atoms with van der Waals surface area (Å²) in [7, 11) is 0. The minimum Gasteiger partial charge on any atom is -0.300 e. The SMILES string of the molecule is CC(=O)C1CC=CC2(CC2)C1. The van der Waals surface area contributed by atoms with E-state index in [1.807, 2.05) is 0 Å². The van der Waals surface area contributed by atoms with Crippen LogP contribution in [0.4, 0.5) is 0 Å². The highest BCUT2D eigenvalue weighted by atomic mass is 16.1. The largest absolute Gasteiger partial charge is 0.300 e. The van der Waals surface area contributed by atoms with Crippen LogP contribution < -0.4 is 0 Å². The Morgan fingerprint density at radius 2 is 2.27 bits per heavy atom. The highest BCUT2D eigenvalue weighted by Gasteiger charge is 2.43. The van der Waals surface area contributed by atoms with Gasteiger partial charge in [0.1, 0.15) is 5.78 Å². The molecule has 1 fully saturated rings. The van der Waals surface area contributed by atoms with Gasteiger partial charge in [-0.1, -0.05) is 12.2 Å². The number of Topliss-reactive ketones (excluding diaryl/α,β-unsaturated/α-hetero) is 1. The zero-order valence-corrected chi connectivity index (χ0v) is 6.97. The zero-order valence-electron chi connectivity index (χ0n) is 6.97.